The van der Waals surface area contributed by atoms with Crippen LogP contribution in [0.4, 0.5) is 5.95 Å². The highest BCUT2D eigenvalue weighted by Crippen LogP contribution is 2.24. The molecule has 4 heterocycles. The normalized spacial score (nSPS) is 20.5. The van der Waals surface area contributed by atoms with Crippen LogP contribution in [0, 0.1) is 0 Å². The lowest BCUT2D eigenvalue weighted by Gasteiger charge is -2.25. The molecule has 1 atom stereocenters. The van der Waals surface area contributed by atoms with Crippen LogP contribution >= 0.6 is 11.8 Å². The first-order valence-corrected chi connectivity index (χ1v) is 9.18. The van der Waals surface area contributed by atoms with Gasteiger partial charge >= 0.3 is 0 Å². The summed E-state index contributed by atoms with van der Waals surface area (Å²) in [6, 6.07) is 3.83. The zero-order valence-corrected chi connectivity index (χ0v) is 13.7. The molecule has 2 aromatic rings. The fourth-order valence-electron chi connectivity index (χ4n) is 3.31. The Morgan fingerprint density at radius 3 is 3.04 bits per heavy atom. The lowest BCUT2D eigenvalue weighted by Crippen LogP contribution is -2.38. The molecule has 0 aliphatic carbocycles. The van der Waals surface area contributed by atoms with Gasteiger partial charge in [-0.05, 0) is 30.2 Å². The van der Waals surface area contributed by atoms with Gasteiger partial charge in [-0.15, -0.1) is 0 Å². The lowest BCUT2D eigenvalue weighted by atomic mass is 10.2. The van der Waals surface area contributed by atoms with Crippen molar-refractivity contribution >= 4 is 17.7 Å². The third kappa shape index (κ3) is 2.97. The van der Waals surface area contributed by atoms with Crippen molar-refractivity contribution in [2.24, 2.45) is 0 Å². The smallest absolute Gasteiger partial charge is 0.267 e. The summed E-state index contributed by atoms with van der Waals surface area (Å²) >= 11 is 1.87. The van der Waals surface area contributed by atoms with Crippen LogP contribution in [-0.2, 0) is 18.7 Å². The molecule has 0 aromatic carbocycles. The lowest BCUT2D eigenvalue weighted by molar-refractivity contribution is 0.478. The number of hydrogen-bond donors (Lipinski definition) is 0. The largest absolute Gasteiger partial charge is 0.336 e. The topological polar surface area (TPSA) is 63.9 Å². The SMILES string of the molecule is O=c1cc2c(nn1CC1CCCN1c1ncccn1)CCSC2. The Labute approximate surface area is 138 Å². The second-order valence-corrected chi connectivity index (χ2v) is 7.08. The van der Waals surface area contributed by atoms with Gasteiger partial charge in [0.25, 0.3) is 5.56 Å². The van der Waals surface area contributed by atoms with Gasteiger partial charge in [-0.3, -0.25) is 4.79 Å². The van der Waals surface area contributed by atoms with Gasteiger partial charge in [0.15, 0.2) is 0 Å². The zero-order valence-electron chi connectivity index (χ0n) is 12.9. The van der Waals surface area contributed by atoms with E-state index in [0.29, 0.717) is 6.54 Å². The van der Waals surface area contributed by atoms with Gasteiger partial charge < -0.3 is 4.90 Å². The Bertz CT molecular complexity index is 748. The number of rotatable bonds is 3. The third-order valence-corrected chi connectivity index (χ3v) is 5.48. The maximum atomic E-state index is 12.4. The fraction of sp³-hybridized carbons (Fsp3) is 0.500. The number of fused-ring (bicyclic) bond motifs is 1. The molecule has 0 bridgehead atoms. The van der Waals surface area contributed by atoms with Crippen molar-refractivity contribution < 1.29 is 0 Å². The first-order chi connectivity index (χ1) is 11.3. The van der Waals surface area contributed by atoms with Gasteiger partial charge in [0.1, 0.15) is 0 Å². The maximum absolute atomic E-state index is 12.4. The Balaban J connectivity index is 1.59. The molecule has 0 spiro atoms. The number of nitrogens with zero attached hydrogens (tertiary/aromatic N) is 5. The summed E-state index contributed by atoms with van der Waals surface area (Å²) in [7, 11) is 0. The summed E-state index contributed by atoms with van der Waals surface area (Å²) in [6.07, 6.45) is 6.62. The van der Waals surface area contributed by atoms with Crippen LogP contribution < -0.4 is 10.5 Å². The van der Waals surface area contributed by atoms with Crippen LogP contribution in [0.2, 0.25) is 0 Å². The number of hydrogen-bond acceptors (Lipinski definition) is 6. The summed E-state index contributed by atoms with van der Waals surface area (Å²) in [6.45, 7) is 1.54. The summed E-state index contributed by atoms with van der Waals surface area (Å²) < 4.78 is 1.64. The predicted octanol–water partition coefficient (Wildman–Crippen LogP) is 1.49. The average Bonchev–Trinajstić information content (AvgIpc) is 3.04. The fourth-order valence-corrected chi connectivity index (χ4v) is 4.26. The molecule has 4 rings (SSSR count). The van der Waals surface area contributed by atoms with E-state index in [-0.39, 0.29) is 11.6 Å². The first kappa shape index (κ1) is 14.7. The van der Waals surface area contributed by atoms with E-state index < -0.39 is 0 Å². The Kier molecular flexibility index (Phi) is 4.03. The van der Waals surface area contributed by atoms with Gasteiger partial charge in [0, 0.05) is 37.2 Å². The van der Waals surface area contributed by atoms with Gasteiger partial charge in [0.05, 0.1) is 18.3 Å². The molecule has 120 valence electrons. The van der Waals surface area contributed by atoms with E-state index in [1.807, 2.05) is 17.8 Å². The van der Waals surface area contributed by atoms with E-state index in [4.69, 9.17) is 0 Å². The molecule has 0 radical (unpaired) electrons. The number of anilines is 1. The van der Waals surface area contributed by atoms with Crippen LogP contribution in [0.15, 0.2) is 29.3 Å². The number of thioether (sulfide) groups is 1. The molecule has 2 aromatic heterocycles. The minimum absolute atomic E-state index is 0.00656. The molecule has 1 unspecified atom stereocenters. The van der Waals surface area contributed by atoms with Crippen molar-refractivity contribution in [2.45, 2.75) is 37.6 Å². The summed E-state index contributed by atoms with van der Waals surface area (Å²) in [4.78, 5) is 23.3. The highest BCUT2D eigenvalue weighted by Gasteiger charge is 2.27. The molecular formula is C16H19N5OS. The second-order valence-electron chi connectivity index (χ2n) is 5.98. The first-order valence-electron chi connectivity index (χ1n) is 8.02. The molecule has 6 nitrogen and oxygen atoms in total. The van der Waals surface area contributed by atoms with Crippen molar-refractivity contribution in [1.82, 2.24) is 19.7 Å². The quantitative estimate of drug-likeness (QED) is 0.850. The van der Waals surface area contributed by atoms with Crippen molar-refractivity contribution in [2.75, 3.05) is 17.2 Å². The summed E-state index contributed by atoms with van der Waals surface area (Å²) in [5.74, 6) is 2.75. The van der Waals surface area contributed by atoms with E-state index in [0.717, 1.165) is 54.5 Å². The van der Waals surface area contributed by atoms with Crippen molar-refractivity contribution in [3.8, 4) is 0 Å². The van der Waals surface area contributed by atoms with E-state index >= 15 is 0 Å². The molecule has 0 saturated carbocycles. The molecule has 7 heteroatoms. The van der Waals surface area contributed by atoms with Gasteiger partial charge in [-0.25, -0.2) is 14.6 Å². The monoisotopic (exact) mass is 329 g/mol. The molecule has 2 aliphatic heterocycles. The summed E-state index contributed by atoms with van der Waals surface area (Å²) in [5, 5.41) is 4.63. The highest BCUT2D eigenvalue weighted by atomic mass is 32.2. The van der Waals surface area contributed by atoms with E-state index in [2.05, 4.69) is 20.0 Å². The molecule has 0 amide bonds. The Morgan fingerprint density at radius 1 is 1.30 bits per heavy atom. The van der Waals surface area contributed by atoms with E-state index in [1.54, 1.807) is 23.1 Å². The molecule has 23 heavy (non-hydrogen) atoms. The molecule has 0 N–H and O–H groups in total. The van der Waals surface area contributed by atoms with Crippen LogP contribution in [0.3, 0.4) is 0 Å². The second kappa shape index (κ2) is 6.31. The minimum atomic E-state index is 0.00656. The van der Waals surface area contributed by atoms with Crippen molar-refractivity contribution in [3.63, 3.8) is 0 Å². The van der Waals surface area contributed by atoms with E-state index in [1.165, 1.54) is 0 Å². The highest BCUT2D eigenvalue weighted by molar-refractivity contribution is 7.98. The Morgan fingerprint density at radius 2 is 2.17 bits per heavy atom. The number of aromatic nitrogens is 4. The van der Waals surface area contributed by atoms with Crippen LogP contribution in [0.5, 0.6) is 0 Å². The van der Waals surface area contributed by atoms with Crippen LogP contribution in [0.25, 0.3) is 0 Å². The van der Waals surface area contributed by atoms with Crippen molar-refractivity contribution in [3.05, 3.63) is 46.1 Å². The van der Waals surface area contributed by atoms with Gasteiger partial charge in [-0.2, -0.15) is 16.9 Å². The van der Waals surface area contributed by atoms with Crippen molar-refractivity contribution in [1.29, 1.82) is 0 Å². The number of aryl methyl sites for hydroxylation is 1. The zero-order chi connectivity index (χ0) is 15.6. The predicted molar refractivity (Wildman–Crippen MR) is 90.8 cm³/mol. The molecule has 2 aliphatic rings. The molecule has 1 saturated heterocycles. The minimum Gasteiger partial charge on any atom is -0.336 e. The summed E-state index contributed by atoms with van der Waals surface area (Å²) in [5.41, 5.74) is 2.20. The molecule has 1 fully saturated rings. The average molecular weight is 329 g/mol. The van der Waals surface area contributed by atoms with Crippen LogP contribution in [-0.4, -0.2) is 38.1 Å². The standard InChI is InChI=1S/C16H19N5OS/c22-15-9-12-11-23-8-4-14(12)19-21(15)10-13-3-1-7-20(13)16-17-5-2-6-18-16/h2,5-6,9,13H,1,3-4,7-8,10-11H2. The van der Waals surface area contributed by atoms with Gasteiger partial charge in [-0.1, -0.05) is 0 Å². The Hall–Kier alpha value is -1.89. The van der Waals surface area contributed by atoms with E-state index in [9.17, 15) is 4.79 Å². The maximum Gasteiger partial charge on any atom is 0.267 e. The van der Waals surface area contributed by atoms with Gasteiger partial charge in [0.2, 0.25) is 5.95 Å². The third-order valence-electron chi connectivity index (χ3n) is 4.47. The van der Waals surface area contributed by atoms with Crippen LogP contribution in [0.1, 0.15) is 24.1 Å². The molecular weight excluding hydrogens is 310 g/mol.